The monoisotopic (exact) mass is 605 g/mol. The minimum absolute atomic E-state index is 0.201. The smallest absolute Gasteiger partial charge is 0.291 e. The zero-order chi connectivity index (χ0) is 29.3. The molecule has 5 heterocycles. The van der Waals surface area contributed by atoms with Gasteiger partial charge >= 0.3 is 0 Å². The van der Waals surface area contributed by atoms with Crippen molar-refractivity contribution in [1.29, 1.82) is 0 Å². The molecule has 0 aliphatic carbocycles. The van der Waals surface area contributed by atoms with Crippen molar-refractivity contribution in [2.45, 2.75) is 23.2 Å². The van der Waals surface area contributed by atoms with Gasteiger partial charge in [0.2, 0.25) is 0 Å². The van der Waals surface area contributed by atoms with Gasteiger partial charge in [-0.3, -0.25) is 14.9 Å². The molecule has 12 heteroatoms. The molecule has 1 atom stereocenters. The maximum atomic E-state index is 14.3. The number of aliphatic imine (C=N–C) groups is 1. The Hall–Kier alpha value is -4.94. The molecular formula is C31H23N7O3S2. The molecule has 3 aromatic carbocycles. The zero-order valence-corrected chi connectivity index (χ0v) is 24.4. The van der Waals surface area contributed by atoms with Gasteiger partial charge in [-0.25, -0.2) is 18.1 Å². The normalized spacial score (nSPS) is 13.8. The molecule has 4 aromatic heterocycles. The first-order chi connectivity index (χ1) is 20.9. The van der Waals surface area contributed by atoms with E-state index in [1.165, 1.54) is 16.0 Å². The van der Waals surface area contributed by atoms with Crippen molar-refractivity contribution < 1.29 is 8.42 Å². The van der Waals surface area contributed by atoms with Gasteiger partial charge in [-0.2, -0.15) is 10.2 Å². The van der Waals surface area contributed by atoms with Crippen LogP contribution < -0.4 is 5.56 Å². The molecule has 0 saturated heterocycles. The van der Waals surface area contributed by atoms with E-state index in [1.807, 2.05) is 36.5 Å². The Bertz CT molecular complexity index is 2420. The number of rotatable bonds is 6. The fourth-order valence-corrected chi connectivity index (χ4v) is 9.23. The number of benzene rings is 3. The molecule has 0 bridgehead atoms. The highest BCUT2D eigenvalue weighted by Gasteiger charge is 2.36. The highest BCUT2D eigenvalue weighted by Crippen LogP contribution is 2.42. The van der Waals surface area contributed by atoms with Gasteiger partial charge in [-0.1, -0.05) is 48.5 Å². The van der Waals surface area contributed by atoms with Crippen LogP contribution in [0.2, 0.25) is 0 Å². The van der Waals surface area contributed by atoms with Gasteiger partial charge in [0.15, 0.2) is 15.5 Å². The second-order valence-electron chi connectivity index (χ2n) is 10.5. The van der Waals surface area contributed by atoms with Gasteiger partial charge in [-0.05, 0) is 34.9 Å². The fourth-order valence-electron chi connectivity index (χ4n) is 5.93. The Kier molecular flexibility index (Phi) is 5.71. The lowest BCUT2D eigenvalue weighted by atomic mass is 10.0. The van der Waals surface area contributed by atoms with E-state index in [2.05, 4.69) is 20.3 Å². The maximum absolute atomic E-state index is 14.3. The highest BCUT2D eigenvalue weighted by atomic mass is 32.2. The average Bonchev–Trinajstić information content (AvgIpc) is 3.81. The molecule has 212 valence electrons. The molecule has 0 radical (unpaired) electrons. The summed E-state index contributed by atoms with van der Waals surface area (Å²) >= 11 is 1.27. The molecule has 1 unspecified atom stereocenters. The van der Waals surface area contributed by atoms with Crippen LogP contribution in [0.1, 0.15) is 32.5 Å². The molecular weight excluding hydrogens is 583 g/mol. The van der Waals surface area contributed by atoms with Gasteiger partial charge in [0, 0.05) is 29.6 Å². The van der Waals surface area contributed by atoms with Gasteiger partial charge in [0.25, 0.3) is 5.56 Å². The maximum Gasteiger partial charge on any atom is 0.291 e. The first-order valence-electron chi connectivity index (χ1n) is 13.6. The first kappa shape index (κ1) is 25.7. The molecule has 1 N–H and O–H groups in total. The molecule has 8 rings (SSSR count). The van der Waals surface area contributed by atoms with Crippen molar-refractivity contribution in [3.05, 3.63) is 117 Å². The number of sulfone groups is 1. The average molecular weight is 606 g/mol. The summed E-state index contributed by atoms with van der Waals surface area (Å²) in [7, 11) is -2.14. The summed E-state index contributed by atoms with van der Waals surface area (Å²) in [5.74, 6) is 0. The zero-order valence-electron chi connectivity index (χ0n) is 22.8. The van der Waals surface area contributed by atoms with Crippen LogP contribution in [-0.4, -0.2) is 44.2 Å². The van der Waals surface area contributed by atoms with Gasteiger partial charge in [0.05, 0.1) is 40.6 Å². The third-order valence-corrected chi connectivity index (χ3v) is 11.4. The SMILES string of the molecule is Cn1c2nc(C(c3cccc4[nH]ncc34)S(=O)(=O)c3ccccc3)sc2c2cnn(Cc3cccc4c3C=NC4)c(=O)c21. The molecule has 1 aliphatic heterocycles. The number of thiazole rings is 1. The molecule has 0 fully saturated rings. The summed E-state index contributed by atoms with van der Waals surface area (Å²) in [5, 5.41) is 12.3. The number of hydrogen-bond acceptors (Lipinski definition) is 8. The molecule has 10 nitrogen and oxygen atoms in total. The predicted octanol–water partition coefficient (Wildman–Crippen LogP) is 4.77. The van der Waals surface area contributed by atoms with Crippen molar-refractivity contribution in [3.8, 4) is 0 Å². The number of aromatic amines is 1. The Morgan fingerprint density at radius 2 is 1.84 bits per heavy atom. The van der Waals surface area contributed by atoms with Crippen LogP contribution in [0.15, 0.2) is 93.8 Å². The van der Waals surface area contributed by atoms with Crippen LogP contribution in [0.5, 0.6) is 0 Å². The highest BCUT2D eigenvalue weighted by molar-refractivity contribution is 7.92. The second kappa shape index (κ2) is 9.54. The number of hydrogen-bond donors (Lipinski definition) is 1. The Morgan fingerprint density at radius 3 is 2.70 bits per heavy atom. The summed E-state index contributed by atoms with van der Waals surface area (Å²) in [4.78, 5) is 23.2. The van der Waals surface area contributed by atoms with Crippen LogP contribution in [0, 0.1) is 0 Å². The molecule has 7 aromatic rings. The summed E-state index contributed by atoms with van der Waals surface area (Å²) in [6, 6.07) is 19.9. The van der Waals surface area contributed by atoms with Gasteiger partial charge < -0.3 is 4.57 Å². The van der Waals surface area contributed by atoms with Crippen molar-refractivity contribution in [3.63, 3.8) is 0 Å². The molecule has 0 saturated carbocycles. The van der Waals surface area contributed by atoms with Crippen molar-refractivity contribution in [2.24, 2.45) is 12.0 Å². The van der Waals surface area contributed by atoms with Crippen LogP contribution >= 0.6 is 11.3 Å². The summed E-state index contributed by atoms with van der Waals surface area (Å²) in [5.41, 5.74) is 5.23. The van der Waals surface area contributed by atoms with Crippen LogP contribution in [-0.2, 0) is 30.0 Å². The number of aromatic nitrogens is 6. The van der Waals surface area contributed by atoms with E-state index < -0.39 is 15.1 Å². The van der Waals surface area contributed by atoms with Gasteiger partial charge in [-0.15, -0.1) is 11.3 Å². The van der Waals surface area contributed by atoms with Crippen LogP contribution in [0.25, 0.3) is 32.2 Å². The topological polar surface area (TPSA) is 128 Å². The van der Waals surface area contributed by atoms with E-state index in [0.29, 0.717) is 50.3 Å². The van der Waals surface area contributed by atoms with E-state index in [9.17, 15) is 13.2 Å². The third kappa shape index (κ3) is 3.90. The summed E-state index contributed by atoms with van der Waals surface area (Å²) < 4.78 is 32.4. The quantitative estimate of drug-likeness (QED) is 0.291. The van der Waals surface area contributed by atoms with E-state index >= 15 is 0 Å². The third-order valence-electron chi connectivity index (χ3n) is 8.04. The Balaban J connectivity index is 1.29. The van der Waals surface area contributed by atoms with E-state index in [0.717, 1.165) is 22.2 Å². The number of aryl methyl sites for hydroxylation is 1. The Morgan fingerprint density at radius 1 is 1.00 bits per heavy atom. The standard InChI is InChI=1S/C31H23N7O3S2/c1-37-26-24(16-34-38(31(26)39)17-19-8-5-7-18-13-32-14-22(18)19)27-29(37)35-30(42-27)28(43(40,41)20-9-3-2-4-10-20)21-11-6-12-25-23(21)15-33-36-25/h2-12,14-16,28H,13,17H2,1H3,(H,33,36). The molecule has 0 spiro atoms. The lowest BCUT2D eigenvalue weighted by Gasteiger charge is -2.17. The van der Waals surface area contributed by atoms with Crippen molar-refractivity contribution in [1.82, 2.24) is 29.5 Å². The van der Waals surface area contributed by atoms with Crippen LogP contribution in [0.4, 0.5) is 0 Å². The minimum atomic E-state index is -3.92. The van der Waals surface area contributed by atoms with E-state index in [1.54, 1.807) is 60.4 Å². The van der Waals surface area contributed by atoms with Gasteiger partial charge in [0.1, 0.15) is 15.8 Å². The number of nitrogens with one attached hydrogen (secondary N) is 1. The summed E-state index contributed by atoms with van der Waals surface area (Å²) in [6.45, 7) is 0.955. The number of fused-ring (bicyclic) bond motifs is 5. The lowest BCUT2D eigenvalue weighted by molar-refractivity contribution is 0.589. The predicted molar refractivity (Wildman–Crippen MR) is 167 cm³/mol. The van der Waals surface area contributed by atoms with Crippen molar-refractivity contribution >= 4 is 59.5 Å². The largest absolute Gasteiger partial charge is 0.323 e. The second-order valence-corrected chi connectivity index (χ2v) is 13.6. The lowest BCUT2D eigenvalue weighted by Crippen LogP contribution is -2.25. The fraction of sp³-hybridized carbons (Fsp3) is 0.129. The number of nitrogens with zero attached hydrogens (tertiary/aromatic N) is 6. The molecule has 0 amide bonds. The van der Waals surface area contributed by atoms with E-state index in [4.69, 9.17) is 4.98 Å². The van der Waals surface area contributed by atoms with Crippen LogP contribution in [0.3, 0.4) is 0 Å². The van der Waals surface area contributed by atoms with Crippen molar-refractivity contribution in [2.75, 3.05) is 0 Å². The van der Waals surface area contributed by atoms with E-state index in [-0.39, 0.29) is 10.5 Å². The minimum Gasteiger partial charge on any atom is -0.323 e. The summed E-state index contributed by atoms with van der Waals surface area (Å²) in [6.07, 6.45) is 5.17. The number of H-pyrrole nitrogens is 1. The molecule has 1 aliphatic rings. The Labute approximate surface area is 248 Å². The first-order valence-corrected chi connectivity index (χ1v) is 15.9. The molecule has 43 heavy (non-hydrogen) atoms.